The molecular weight excluding hydrogens is 134 g/mol. The van der Waals surface area contributed by atoms with Crippen LogP contribution in [0, 0.1) is 6.92 Å². The molecule has 11 heavy (non-hydrogen) atoms. The van der Waals surface area contributed by atoms with Crippen molar-refractivity contribution in [3.63, 3.8) is 0 Å². The maximum atomic E-state index is 2.22. The fourth-order valence-electron chi connectivity index (χ4n) is 1.18. The number of rotatable bonds is 1. The Bertz CT molecular complexity index is 208. The summed E-state index contributed by atoms with van der Waals surface area (Å²) in [6, 6.07) is 2.22. The van der Waals surface area contributed by atoms with E-state index >= 15 is 0 Å². The lowest BCUT2D eigenvalue weighted by Crippen LogP contribution is -2.27. The van der Waals surface area contributed by atoms with E-state index in [1.807, 2.05) is 0 Å². The third-order valence-corrected chi connectivity index (χ3v) is 1.60. The van der Waals surface area contributed by atoms with Crippen LogP contribution in [0.4, 0.5) is 0 Å². The molecule has 62 valence electrons. The highest BCUT2D eigenvalue weighted by Crippen LogP contribution is 1.99. The molecule has 0 amide bonds. The second-order valence-corrected chi connectivity index (χ2v) is 2.74. The first-order valence-electron chi connectivity index (χ1n) is 3.68. The maximum absolute atomic E-state index is 2.22. The third-order valence-electron chi connectivity index (χ3n) is 1.60. The summed E-state index contributed by atoms with van der Waals surface area (Å²) in [5, 5.41) is 0. The zero-order valence-electron chi connectivity index (χ0n) is 6.89. The van der Waals surface area contributed by atoms with Crippen LogP contribution in [0.25, 0.3) is 0 Å². The third kappa shape index (κ3) is 2.71. The Morgan fingerprint density at radius 2 is 2.00 bits per heavy atom. The van der Waals surface area contributed by atoms with Gasteiger partial charge < -0.3 is 0 Å². The molecule has 0 aliphatic heterocycles. The lowest BCUT2D eigenvalue weighted by atomic mass is 10.2. The molecule has 1 aromatic rings. The van der Waals surface area contributed by atoms with Crippen LogP contribution in [-0.4, -0.2) is 0 Å². The maximum Gasteiger partial charge on any atom is 0.171 e. The summed E-state index contributed by atoms with van der Waals surface area (Å²) in [6.45, 7) is 4.30. The zero-order chi connectivity index (χ0) is 7.56. The Morgan fingerprint density at radius 1 is 1.36 bits per heavy atom. The Balaban J connectivity index is 0.000001000. The van der Waals surface area contributed by atoms with E-state index in [4.69, 9.17) is 0 Å². The van der Waals surface area contributed by atoms with E-state index in [-0.39, 0.29) is 7.43 Å². The molecule has 0 unspecified atom stereocenters. The minimum absolute atomic E-state index is 0. The van der Waals surface area contributed by atoms with E-state index in [1.54, 1.807) is 0 Å². The van der Waals surface area contributed by atoms with Crippen molar-refractivity contribution in [2.45, 2.75) is 27.7 Å². The van der Waals surface area contributed by atoms with Crippen LogP contribution in [0.3, 0.4) is 0 Å². The van der Waals surface area contributed by atoms with Gasteiger partial charge in [-0.3, -0.25) is 0 Å². The van der Waals surface area contributed by atoms with Gasteiger partial charge in [-0.2, -0.15) is 0 Å². The van der Waals surface area contributed by atoms with Gasteiger partial charge in [0.1, 0.15) is 7.05 Å². The van der Waals surface area contributed by atoms with Crippen LogP contribution in [0.15, 0.2) is 18.5 Å². The molecule has 0 aromatic carbocycles. The molecule has 0 N–H and O–H groups in total. The molecule has 0 fully saturated rings. The highest BCUT2D eigenvalue weighted by Gasteiger charge is 1.97. The topological polar surface area (TPSA) is 3.88 Å². The van der Waals surface area contributed by atoms with Crippen molar-refractivity contribution in [3.8, 4) is 0 Å². The average molecular weight is 152 g/mol. The molecule has 0 bridgehead atoms. The molecule has 0 radical (unpaired) electrons. The zero-order valence-corrected chi connectivity index (χ0v) is 6.89. The van der Waals surface area contributed by atoms with E-state index in [9.17, 15) is 0 Å². The number of hydrogen-bond acceptors (Lipinski definition) is 0. The van der Waals surface area contributed by atoms with Gasteiger partial charge >= 0.3 is 0 Å². The normalized spacial score (nSPS) is 9.00. The van der Waals surface area contributed by atoms with Gasteiger partial charge in [0.05, 0.1) is 0 Å². The smallest absolute Gasteiger partial charge is 0.171 e. The van der Waals surface area contributed by atoms with Gasteiger partial charge in [-0.05, 0) is 19.4 Å². The van der Waals surface area contributed by atoms with Crippen LogP contribution in [0.2, 0.25) is 0 Å². The van der Waals surface area contributed by atoms with Crippen molar-refractivity contribution in [2.24, 2.45) is 7.05 Å². The molecule has 0 aliphatic carbocycles. The van der Waals surface area contributed by atoms with Gasteiger partial charge in [-0.1, -0.05) is 14.4 Å². The van der Waals surface area contributed by atoms with E-state index in [0.717, 1.165) is 6.42 Å². The predicted molar refractivity (Wildman–Crippen MR) is 48.5 cm³/mol. The molecule has 0 aliphatic rings. The Kier molecular flexibility index (Phi) is 3.80. The van der Waals surface area contributed by atoms with Crippen LogP contribution in [-0.2, 0) is 13.5 Å². The molecule has 1 nitrogen and oxygen atoms in total. The number of aromatic nitrogens is 1. The molecule has 1 aromatic heterocycles. The molecule has 0 saturated heterocycles. The fraction of sp³-hybridized carbons (Fsp3) is 0.500. The second-order valence-electron chi connectivity index (χ2n) is 2.74. The molecule has 0 saturated carbocycles. The largest absolute Gasteiger partial charge is 0.207 e. The molecule has 0 atom stereocenters. The number of hydrogen-bond donors (Lipinski definition) is 0. The first kappa shape index (κ1) is 10.2. The van der Waals surface area contributed by atoms with E-state index in [1.165, 1.54) is 11.1 Å². The summed E-state index contributed by atoms with van der Waals surface area (Å²) in [4.78, 5) is 0. The second kappa shape index (κ2) is 4.12. The van der Waals surface area contributed by atoms with Gasteiger partial charge in [0.2, 0.25) is 0 Å². The van der Waals surface area contributed by atoms with Gasteiger partial charge in [-0.15, -0.1) is 0 Å². The van der Waals surface area contributed by atoms with Crippen LogP contribution < -0.4 is 4.57 Å². The van der Waals surface area contributed by atoms with E-state index < -0.39 is 0 Å². The first-order valence-corrected chi connectivity index (χ1v) is 3.68. The van der Waals surface area contributed by atoms with Crippen molar-refractivity contribution < 1.29 is 4.57 Å². The Hall–Kier alpha value is -0.850. The quantitative estimate of drug-likeness (QED) is 0.542. The van der Waals surface area contributed by atoms with Gasteiger partial charge in [0, 0.05) is 11.1 Å². The van der Waals surface area contributed by atoms with Crippen LogP contribution in [0.1, 0.15) is 25.5 Å². The van der Waals surface area contributed by atoms with E-state index in [0.29, 0.717) is 0 Å². The van der Waals surface area contributed by atoms with Crippen molar-refractivity contribution >= 4 is 0 Å². The summed E-state index contributed by atoms with van der Waals surface area (Å²) in [7, 11) is 2.06. The van der Waals surface area contributed by atoms with Crippen molar-refractivity contribution in [1.29, 1.82) is 0 Å². The lowest BCUT2D eigenvalue weighted by molar-refractivity contribution is -0.672. The van der Waals surface area contributed by atoms with E-state index in [2.05, 4.69) is 43.9 Å². The Morgan fingerprint density at radius 3 is 2.45 bits per heavy atom. The first-order chi connectivity index (χ1) is 4.72. The standard InChI is InChI=1S/C9H14N.CH4/c1-4-9-5-8(2)6-10(3)7-9;/h5-7H,4H2,1-3H3;1H4/q+1;. The average Bonchev–Trinajstić information content (AvgIpc) is 1.85. The highest BCUT2D eigenvalue weighted by molar-refractivity contribution is 5.13. The van der Waals surface area contributed by atoms with Crippen molar-refractivity contribution in [3.05, 3.63) is 29.6 Å². The van der Waals surface area contributed by atoms with Gasteiger partial charge in [0.25, 0.3) is 0 Å². The molecule has 1 heteroatoms. The number of nitrogens with zero attached hydrogens (tertiary/aromatic N) is 1. The molecule has 0 spiro atoms. The number of pyridine rings is 1. The summed E-state index contributed by atoms with van der Waals surface area (Å²) >= 11 is 0. The van der Waals surface area contributed by atoms with Gasteiger partial charge in [-0.25, -0.2) is 4.57 Å². The monoisotopic (exact) mass is 152 g/mol. The summed E-state index contributed by atoms with van der Waals surface area (Å²) in [5.74, 6) is 0. The summed E-state index contributed by atoms with van der Waals surface area (Å²) in [5.41, 5.74) is 2.74. The summed E-state index contributed by atoms with van der Waals surface area (Å²) < 4.78 is 2.11. The fourth-order valence-corrected chi connectivity index (χ4v) is 1.18. The van der Waals surface area contributed by atoms with Crippen LogP contribution in [0.5, 0.6) is 0 Å². The van der Waals surface area contributed by atoms with Crippen LogP contribution >= 0.6 is 0 Å². The SMILES string of the molecule is C.CCc1cc(C)c[n+](C)c1. The van der Waals surface area contributed by atoms with Crippen molar-refractivity contribution in [1.82, 2.24) is 0 Å². The molecule has 1 rings (SSSR count). The lowest BCUT2D eigenvalue weighted by Gasteiger charge is -1.94. The van der Waals surface area contributed by atoms with Gasteiger partial charge in [0.15, 0.2) is 12.4 Å². The minimum Gasteiger partial charge on any atom is -0.207 e. The van der Waals surface area contributed by atoms with Crippen molar-refractivity contribution in [2.75, 3.05) is 0 Å². The highest BCUT2D eigenvalue weighted by atomic mass is 14.9. The Labute approximate surface area is 69.7 Å². The molecule has 1 heterocycles. The number of aryl methyl sites for hydroxylation is 3. The predicted octanol–water partition coefficient (Wildman–Crippen LogP) is 2.02. The minimum atomic E-state index is 0. The molecular formula is C10H18N+. The summed E-state index contributed by atoms with van der Waals surface area (Å²) in [6.07, 6.45) is 5.40.